The molecule has 0 spiro atoms. The van der Waals surface area contributed by atoms with Crippen LogP contribution in [0.1, 0.15) is 26.3 Å². The Balaban J connectivity index is 2.39. The van der Waals surface area contributed by atoms with E-state index in [0.29, 0.717) is 18.9 Å². The smallest absolute Gasteiger partial charge is 0.407 e. The molecule has 7 heteroatoms. The van der Waals surface area contributed by atoms with Crippen molar-refractivity contribution in [3.63, 3.8) is 0 Å². The molecule has 1 aromatic carbocycles. The number of benzene rings is 1. The summed E-state index contributed by atoms with van der Waals surface area (Å²) in [6, 6.07) is 5.30. The van der Waals surface area contributed by atoms with Crippen molar-refractivity contribution in [3.05, 3.63) is 28.2 Å². The first-order valence-corrected chi connectivity index (χ1v) is 7.63. The maximum atomic E-state index is 11.4. The highest BCUT2D eigenvalue weighted by Gasteiger charge is 2.15. The number of carbonyl (C=O) groups excluding carboxylic acids is 2. The summed E-state index contributed by atoms with van der Waals surface area (Å²) in [5.74, 6) is 0.237. The Morgan fingerprint density at radius 2 is 2.00 bits per heavy atom. The molecule has 0 radical (unpaired) electrons. The van der Waals surface area contributed by atoms with Crippen LogP contribution in [-0.2, 0) is 16.0 Å². The van der Waals surface area contributed by atoms with Crippen molar-refractivity contribution in [2.75, 3.05) is 13.2 Å². The van der Waals surface area contributed by atoms with Crippen molar-refractivity contribution in [1.82, 2.24) is 5.32 Å². The van der Waals surface area contributed by atoms with Crippen molar-refractivity contribution >= 4 is 27.9 Å². The number of alkyl carbamates (subject to hydrolysis) is 1. The van der Waals surface area contributed by atoms with Gasteiger partial charge in [0.1, 0.15) is 18.0 Å². The van der Waals surface area contributed by atoms with Gasteiger partial charge in [0.15, 0.2) is 0 Å². The minimum Gasteiger partial charge on any atom is -0.491 e. The second-order valence-electron chi connectivity index (χ2n) is 5.68. The largest absolute Gasteiger partial charge is 0.491 e. The van der Waals surface area contributed by atoms with E-state index >= 15 is 0 Å². The minimum absolute atomic E-state index is 0.180. The van der Waals surface area contributed by atoms with Crippen molar-refractivity contribution in [2.45, 2.75) is 32.8 Å². The van der Waals surface area contributed by atoms with E-state index in [1.165, 1.54) is 0 Å². The van der Waals surface area contributed by atoms with Crippen LogP contribution < -0.4 is 15.8 Å². The highest BCUT2D eigenvalue weighted by molar-refractivity contribution is 9.10. The number of hydrogen-bond donors (Lipinski definition) is 2. The van der Waals surface area contributed by atoms with Crippen molar-refractivity contribution in [2.24, 2.45) is 5.73 Å². The fourth-order valence-corrected chi connectivity index (χ4v) is 2.14. The van der Waals surface area contributed by atoms with Crippen LogP contribution in [0.25, 0.3) is 0 Å². The lowest BCUT2D eigenvalue weighted by atomic mass is 10.1. The molecule has 1 aromatic rings. The van der Waals surface area contributed by atoms with Gasteiger partial charge in [0.2, 0.25) is 5.91 Å². The van der Waals surface area contributed by atoms with Gasteiger partial charge in [-0.1, -0.05) is 6.07 Å². The molecule has 0 aliphatic carbocycles. The Bertz CT molecular complexity index is 541. The number of rotatable bonds is 6. The van der Waals surface area contributed by atoms with Gasteiger partial charge < -0.3 is 20.5 Å². The first kappa shape index (κ1) is 18.3. The standard InChI is InChI=1S/C15H21BrN2O4/c1-15(2,3)22-14(20)18-6-7-21-12-5-4-10(8-11(12)16)9-13(17)19/h4-5,8H,6-7,9H2,1-3H3,(H2,17,19)(H,18,20). The lowest BCUT2D eigenvalue weighted by Crippen LogP contribution is -2.34. The van der Waals surface area contributed by atoms with Gasteiger partial charge in [0.25, 0.3) is 0 Å². The van der Waals surface area contributed by atoms with Gasteiger partial charge in [0.05, 0.1) is 17.4 Å². The highest BCUT2D eigenvalue weighted by atomic mass is 79.9. The lowest BCUT2D eigenvalue weighted by Gasteiger charge is -2.19. The Morgan fingerprint density at radius 1 is 1.32 bits per heavy atom. The third-order valence-corrected chi connectivity index (χ3v) is 3.02. The van der Waals surface area contributed by atoms with E-state index in [1.54, 1.807) is 39.0 Å². The first-order chi connectivity index (χ1) is 10.2. The van der Waals surface area contributed by atoms with Crippen molar-refractivity contribution in [1.29, 1.82) is 0 Å². The summed E-state index contributed by atoms with van der Waals surface area (Å²) in [6.07, 6.45) is -0.300. The predicted molar refractivity (Wildman–Crippen MR) is 86.8 cm³/mol. The van der Waals surface area contributed by atoms with E-state index in [4.69, 9.17) is 15.2 Å². The molecule has 0 aliphatic heterocycles. The van der Waals surface area contributed by atoms with Crippen LogP contribution in [0.4, 0.5) is 4.79 Å². The molecular weight excluding hydrogens is 352 g/mol. The number of primary amides is 1. The molecule has 2 amide bonds. The molecule has 0 saturated heterocycles. The van der Waals surface area contributed by atoms with E-state index in [0.717, 1.165) is 10.0 Å². The monoisotopic (exact) mass is 372 g/mol. The van der Waals surface area contributed by atoms with Gasteiger partial charge in [-0.05, 0) is 54.4 Å². The maximum Gasteiger partial charge on any atom is 0.407 e. The molecule has 1 rings (SSSR count). The third-order valence-electron chi connectivity index (χ3n) is 2.40. The van der Waals surface area contributed by atoms with Crippen LogP contribution in [-0.4, -0.2) is 30.8 Å². The molecule has 0 bridgehead atoms. The number of carbonyl (C=O) groups is 2. The van der Waals surface area contributed by atoms with E-state index in [1.807, 2.05) is 0 Å². The van der Waals surface area contributed by atoms with Crippen LogP contribution in [0.5, 0.6) is 5.75 Å². The fraction of sp³-hybridized carbons (Fsp3) is 0.467. The van der Waals surface area contributed by atoms with E-state index in [2.05, 4.69) is 21.2 Å². The molecule has 3 N–H and O–H groups in total. The Kier molecular flexibility index (Phi) is 6.67. The Hall–Kier alpha value is -1.76. The molecule has 0 heterocycles. The number of hydrogen-bond acceptors (Lipinski definition) is 4. The number of ether oxygens (including phenoxy) is 2. The molecule has 22 heavy (non-hydrogen) atoms. The highest BCUT2D eigenvalue weighted by Crippen LogP contribution is 2.26. The second-order valence-corrected chi connectivity index (χ2v) is 6.54. The summed E-state index contributed by atoms with van der Waals surface area (Å²) >= 11 is 3.37. The van der Waals surface area contributed by atoms with Crippen LogP contribution in [0.15, 0.2) is 22.7 Å². The SMILES string of the molecule is CC(C)(C)OC(=O)NCCOc1ccc(CC(N)=O)cc1Br. The summed E-state index contributed by atoms with van der Waals surface area (Å²) in [5, 5.41) is 2.60. The zero-order chi connectivity index (χ0) is 16.8. The molecule has 6 nitrogen and oxygen atoms in total. The summed E-state index contributed by atoms with van der Waals surface area (Å²) in [5.41, 5.74) is 5.43. The predicted octanol–water partition coefficient (Wildman–Crippen LogP) is 2.38. The number of nitrogens with one attached hydrogen (secondary N) is 1. The zero-order valence-corrected chi connectivity index (χ0v) is 14.5. The summed E-state index contributed by atoms with van der Waals surface area (Å²) < 4.78 is 11.4. The Morgan fingerprint density at radius 3 is 2.55 bits per heavy atom. The fourth-order valence-electron chi connectivity index (χ4n) is 1.60. The van der Waals surface area contributed by atoms with Crippen LogP contribution in [0.3, 0.4) is 0 Å². The van der Waals surface area contributed by atoms with Crippen LogP contribution in [0, 0.1) is 0 Å². The Labute approximate surface area is 138 Å². The van der Waals surface area contributed by atoms with Gasteiger partial charge in [0, 0.05) is 0 Å². The summed E-state index contributed by atoms with van der Waals surface area (Å²) in [7, 11) is 0. The second kappa shape index (κ2) is 8.03. The maximum absolute atomic E-state index is 11.4. The van der Waals surface area contributed by atoms with E-state index < -0.39 is 11.7 Å². The minimum atomic E-state index is -0.524. The average Bonchev–Trinajstić information content (AvgIpc) is 2.33. The van der Waals surface area contributed by atoms with Crippen molar-refractivity contribution in [3.8, 4) is 5.75 Å². The summed E-state index contributed by atoms with van der Waals surface area (Å²) in [6.45, 7) is 6.02. The third kappa shape index (κ3) is 7.31. The van der Waals surface area contributed by atoms with E-state index in [9.17, 15) is 9.59 Å². The molecule has 0 fully saturated rings. The molecular formula is C15H21BrN2O4. The molecule has 0 aliphatic rings. The first-order valence-electron chi connectivity index (χ1n) is 6.84. The van der Waals surface area contributed by atoms with E-state index in [-0.39, 0.29) is 12.3 Å². The normalized spacial score (nSPS) is 10.9. The molecule has 0 aromatic heterocycles. The number of amides is 2. The lowest BCUT2D eigenvalue weighted by molar-refractivity contribution is -0.117. The molecule has 0 atom stereocenters. The average molecular weight is 373 g/mol. The van der Waals surface area contributed by atoms with Crippen molar-refractivity contribution < 1.29 is 19.1 Å². The van der Waals surface area contributed by atoms with Gasteiger partial charge in [-0.15, -0.1) is 0 Å². The molecule has 0 unspecified atom stereocenters. The van der Waals surface area contributed by atoms with Gasteiger partial charge in [-0.3, -0.25) is 4.79 Å². The number of halogens is 1. The molecule has 0 saturated carbocycles. The van der Waals surface area contributed by atoms with Crippen LogP contribution in [0.2, 0.25) is 0 Å². The quantitative estimate of drug-likeness (QED) is 0.749. The van der Waals surface area contributed by atoms with Gasteiger partial charge in [-0.2, -0.15) is 0 Å². The number of nitrogens with two attached hydrogens (primary N) is 1. The zero-order valence-electron chi connectivity index (χ0n) is 12.9. The van der Waals surface area contributed by atoms with Gasteiger partial charge >= 0.3 is 6.09 Å². The topological polar surface area (TPSA) is 90.7 Å². The van der Waals surface area contributed by atoms with Gasteiger partial charge in [-0.25, -0.2) is 4.79 Å². The summed E-state index contributed by atoms with van der Waals surface area (Å²) in [4.78, 5) is 22.3. The molecule has 122 valence electrons. The van der Waals surface area contributed by atoms with Crippen LogP contribution >= 0.6 is 15.9 Å².